The van der Waals surface area contributed by atoms with Gasteiger partial charge in [0, 0.05) is 30.3 Å². The number of hydrogen-bond acceptors (Lipinski definition) is 3. The summed E-state index contributed by atoms with van der Waals surface area (Å²) in [5, 5.41) is 6.69. The van der Waals surface area contributed by atoms with Crippen LogP contribution in [-0.4, -0.2) is 43.5 Å². The molecule has 0 spiro atoms. The van der Waals surface area contributed by atoms with Crippen molar-refractivity contribution in [1.82, 2.24) is 10.2 Å². The molecular formula is C15H24ClN3O. The SMILES string of the molecule is CCNc1ccc(Cl)cc1C(=O)NCCN(CC)CC. The van der Waals surface area contributed by atoms with Gasteiger partial charge in [-0.15, -0.1) is 0 Å². The first-order valence-corrected chi connectivity index (χ1v) is 7.54. The molecule has 0 saturated heterocycles. The Morgan fingerprint density at radius 3 is 2.55 bits per heavy atom. The summed E-state index contributed by atoms with van der Waals surface area (Å²) in [5.41, 5.74) is 1.41. The van der Waals surface area contributed by atoms with Gasteiger partial charge in [-0.1, -0.05) is 25.4 Å². The molecule has 0 heterocycles. The Morgan fingerprint density at radius 2 is 1.95 bits per heavy atom. The van der Waals surface area contributed by atoms with E-state index in [-0.39, 0.29) is 5.91 Å². The van der Waals surface area contributed by atoms with Crippen LogP contribution in [0.4, 0.5) is 5.69 Å². The minimum Gasteiger partial charge on any atom is -0.385 e. The van der Waals surface area contributed by atoms with Gasteiger partial charge in [-0.3, -0.25) is 4.79 Å². The first kappa shape index (κ1) is 16.8. The fourth-order valence-electron chi connectivity index (χ4n) is 2.01. The van der Waals surface area contributed by atoms with Gasteiger partial charge >= 0.3 is 0 Å². The lowest BCUT2D eigenvalue weighted by Gasteiger charge is -2.18. The Kier molecular flexibility index (Phi) is 7.41. The van der Waals surface area contributed by atoms with Gasteiger partial charge in [0.15, 0.2) is 0 Å². The number of carbonyl (C=O) groups excluding carboxylic acids is 1. The number of halogens is 1. The van der Waals surface area contributed by atoms with Crippen molar-refractivity contribution in [3.63, 3.8) is 0 Å². The summed E-state index contributed by atoms with van der Waals surface area (Å²) in [5.74, 6) is -0.0874. The Bertz CT molecular complexity index is 433. The average Bonchev–Trinajstić information content (AvgIpc) is 2.45. The largest absolute Gasteiger partial charge is 0.385 e. The molecule has 1 aromatic carbocycles. The van der Waals surface area contributed by atoms with Crippen molar-refractivity contribution in [1.29, 1.82) is 0 Å². The summed E-state index contributed by atoms with van der Waals surface area (Å²) >= 11 is 5.97. The number of nitrogens with zero attached hydrogens (tertiary/aromatic N) is 1. The molecule has 2 N–H and O–H groups in total. The molecule has 1 rings (SSSR count). The highest BCUT2D eigenvalue weighted by Crippen LogP contribution is 2.20. The molecule has 0 aromatic heterocycles. The molecule has 0 fully saturated rings. The molecule has 20 heavy (non-hydrogen) atoms. The first-order chi connectivity index (χ1) is 9.62. The Morgan fingerprint density at radius 1 is 1.25 bits per heavy atom. The molecule has 0 radical (unpaired) electrons. The van der Waals surface area contributed by atoms with Gasteiger partial charge in [0.2, 0.25) is 0 Å². The zero-order chi connectivity index (χ0) is 15.0. The van der Waals surface area contributed by atoms with Crippen LogP contribution in [0.1, 0.15) is 31.1 Å². The van der Waals surface area contributed by atoms with Crippen LogP contribution in [0, 0.1) is 0 Å². The molecule has 4 nitrogen and oxygen atoms in total. The Labute approximate surface area is 126 Å². The van der Waals surface area contributed by atoms with E-state index in [2.05, 4.69) is 29.4 Å². The second-order valence-electron chi connectivity index (χ2n) is 4.50. The van der Waals surface area contributed by atoms with E-state index < -0.39 is 0 Å². The molecule has 0 aliphatic carbocycles. The van der Waals surface area contributed by atoms with Gasteiger partial charge in [-0.25, -0.2) is 0 Å². The molecule has 0 aliphatic heterocycles. The van der Waals surface area contributed by atoms with E-state index in [1.807, 2.05) is 13.0 Å². The van der Waals surface area contributed by atoms with Crippen molar-refractivity contribution in [3.8, 4) is 0 Å². The highest BCUT2D eigenvalue weighted by molar-refractivity contribution is 6.31. The van der Waals surface area contributed by atoms with Crippen LogP contribution in [0.3, 0.4) is 0 Å². The van der Waals surface area contributed by atoms with E-state index >= 15 is 0 Å². The fraction of sp³-hybridized carbons (Fsp3) is 0.533. The van der Waals surface area contributed by atoms with Crippen molar-refractivity contribution in [3.05, 3.63) is 28.8 Å². The molecule has 0 atom stereocenters. The van der Waals surface area contributed by atoms with Crippen molar-refractivity contribution >= 4 is 23.2 Å². The van der Waals surface area contributed by atoms with Gasteiger partial charge in [0.1, 0.15) is 0 Å². The van der Waals surface area contributed by atoms with Crippen LogP contribution in [0.2, 0.25) is 5.02 Å². The number of carbonyl (C=O) groups is 1. The third-order valence-electron chi connectivity index (χ3n) is 3.20. The van der Waals surface area contributed by atoms with E-state index in [9.17, 15) is 4.79 Å². The fourth-order valence-corrected chi connectivity index (χ4v) is 2.18. The minimum absolute atomic E-state index is 0.0874. The Balaban J connectivity index is 2.64. The first-order valence-electron chi connectivity index (χ1n) is 7.16. The summed E-state index contributed by atoms with van der Waals surface area (Å²) < 4.78 is 0. The summed E-state index contributed by atoms with van der Waals surface area (Å²) in [4.78, 5) is 14.5. The lowest BCUT2D eigenvalue weighted by atomic mass is 10.1. The van der Waals surface area contributed by atoms with Gasteiger partial charge in [-0.05, 0) is 38.2 Å². The average molecular weight is 298 g/mol. The van der Waals surface area contributed by atoms with Crippen molar-refractivity contribution in [2.45, 2.75) is 20.8 Å². The van der Waals surface area contributed by atoms with Crippen LogP contribution < -0.4 is 10.6 Å². The standard InChI is InChI=1S/C15H24ClN3O/c1-4-17-14-8-7-12(16)11-13(14)15(20)18-9-10-19(5-2)6-3/h7-8,11,17H,4-6,9-10H2,1-3H3,(H,18,20). The summed E-state index contributed by atoms with van der Waals surface area (Å²) in [7, 11) is 0. The molecule has 1 amide bonds. The van der Waals surface area contributed by atoms with Crippen molar-refractivity contribution in [2.75, 3.05) is 38.0 Å². The zero-order valence-electron chi connectivity index (χ0n) is 12.5. The molecule has 0 saturated carbocycles. The van der Waals surface area contributed by atoms with Gasteiger partial charge < -0.3 is 15.5 Å². The predicted molar refractivity (Wildman–Crippen MR) is 85.7 cm³/mol. The van der Waals surface area contributed by atoms with Crippen LogP contribution in [-0.2, 0) is 0 Å². The van der Waals surface area contributed by atoms with Crippen LogP contribution in [0.25, 0.3) is 0 Å². The molecule has 0 unspecified atom stereocenters. The lowest BCUT2D eigenvalue weighted by molar-refractivity contribution is 0.0949. The number of rotatable bonds is 8. The van der Waals surface area contributed by atoms with Gasteiger partial charge in [-0.2, -0.15) is 0 Å². The van der Waals surface area contributed by atoms with E-state index in [1.165, 1.54) is 0 Å². The lowest BCUT2D eigenvalue weighted by Crippen LogP contribution is -2.35. The summed E-state index contributed by atoms with van der Waals surface area (Å²) in [6, 6.07) is 5.32. The normalized spacial score (nSPS) is 10.7. The smallest absolute Gasteiger partial charge is 0.253 e. The molecule has 0 bridgehead atoms. The molecular weight excluding hydrogens is 274 g/mol. The highest BCUT2D eigenvalue weighted by atomic mass is 35.5. The molecule has 0 aliphatic rings. The van der Waals surface area contributed by atoms with E-state index in [0.717, 1.165) is 31.9 Å². The number of anilines is 1. The van der Waals surface area contributed by atoms with E-state index in [4.69, 9.17) is 11.6 Å². The topological polar surface area (TPSA) is 44.4 Å². The molecule has 112 valence electrons. The maximum atomic E-state index is 12.2. The second-order valence-corrected chi connectivity index (χ2v) is 4.94. The monoisotopic (exact) mass is 297 g/mol. The van der Waals surface area contributed by atoms with E-state index in [1.54, 1.807) is 12.1 Å². The Hall–Kier alpha value is -1.26. The van der Waals surface area contributed by atoms with E-state index in [0.29, 0.717) is 17.1 Å². The maximum absolute atomic E-state index is 12.2. The van der Waals surface area contributed by atoms with Crippen LogP contribution >= 0.6 is 11.6 Å². The van der Waals surface area contributed by atoms with Crippen LogP contribution in [0.5, 0.6) is 0 Å². The predicted octanol–water partition coefficient (Wildman–Crippen LogP) is 2.84. The molecule has 5 heteroatoms. The van der Waals surface area contributed by atoms with Gasteiger partial charge in [0.05, 0.1) is 5.56 Å². The number of nitrogens with one attached hydrogen (secondary N) is 2. The quantitative estimate of drug-likeness (QED) is 0.775. The zero-order valence-corrected chi connectivity index (χ0v) is 13.3. The number of benzene rings is 1. The number of amides is 1. The second kappa shape index (κ2) is 8.82. The maximum Gasteiger partial charge on any atom is 0.253 e. The van der Waals surface area contributed by atoms with Crippen molar-refractivity contribution < 1.29 is 4.79 Å². The third kappa shape index (κ3) is 5.02. The summed E-state index contributed by atoms with van der Waals surface area (Å²) in [6.07, 6.45) is 0. The third-order valence-corrected chi connectivity index (χ3v) is 3.44. The minimum atomic E-state index is -0.0874. The number of hydrogen-bond donors (Lipinski definition) is 2. The number of likely N-dealkylation sites (N-methyl/N-ethyl adjacent to an activating group) is 1. The van der Waals surface area contributed by atoms with Crippen LogP contribution in [0.15, 0.2) is 18.2 Å². The molecule has 1 aromatic rings. The van der Waals surface area contributed by atoms with Gasteiger partial charge in [0.25, 0.3) is 5.91 Å². The van der Waals surface area contributed by atoms with Crippen molar-refractivity contribution in [2.24, 2.45) is 0 Å². The summed E-state index contributed by atoms with van der Waals surface area (Å²) in [6.45, 7) is 10.5. The highest BCUT2D eigenvalue weighted by Gasteiger charge is 2.11.